The maximum atomic E-state index is 11.6. The highest BCUT2D eigenvalue weighted by Gasteiger charge is 2.13. The molecule has 0 bridgehead atoms. The summed E-state index contributed by atoms with van der Waals surface area (Å²) in [5, 5.41) is 0. The molecule has 0 heterocycles. The van der Waals surface area contributed by atoms with E-state index >= 15 is 0 Å². The molecule has 0 aliphatic carbocycles. The molecule has 0 aromatic heterocycles. The first-order valence-corrected chi connectivity index (χ1v) is 10.0. The third kappa shape index (κ3) is 19.1. The number of carbonyl (C=O) groups excluding carboxylic acids is 2. The summed E-state index contributed by atoms with van der Waals surface area (Å²) < 4.78 is 10.5. The van der Waals surface area contributed by atoms with Crippen molar-refractivity contribution in [3.63, 3.8) is 0 Å². The van der Waals surface area contributed by atoms with Gasteiger partial charge in [0.15, 0.2) is 0 Å². The van der Waals surface area contributed by atoms with Crippen LogP contribution in [-0.4, -0.2) is 25.2 Å². The van der Waals surface area contributed by atoms with E-state index < -0.39 is 0 Å². The summed E-state index contributed by atoms with van der Waals surface area (Å²) in [4.78, 5) is 23.1. The minimum absolute atomic E-state index is 0.0330. The van der Waals surface area contributed by atoms with Gasteiger partial charge in [0.2, 0.25) is 0 Å². The van der Waals surface area contributed by atoms with E-state index in [2.05, 4.69) is 34.6 Å². The van der Waals surface area contributed by atoms with Gasteiger partial charge in [0.25, 0.3) is 0 Å². The Balaban J connectivity index is 3.35. The first-order chi connectivity index (χ1) is 11.7. The van der Waals surface area contributed by atoms with E-state index in [0.717, 1.165) is 51.4 Å². The van der Waals surface area contributed by atoms with Crippen LogP contribution in [0.1, 0.15) is 98.8 Å². The average molecular weight is 357 g/mol. The Labute approximate surface area is 155 Å². The summed E-state index contributed by atoms with van der Waals surface area (Å²) in [6.45, 7) is 11.6. The van der Waals surface area contributed by atoms with Gasteiger partial charge in [-0.05, 0) is 37.0 Å². The zero-order valence-electron chi connectivity index (χ0n) is 17.2. The highest BCUT2D eigenvalue weighted by molar-refractivity contribution is 5.69. The van der Waals surface area contributed by atoms with Crippen LogP contribution in [0.25, 0.3) is 0 Å². The van der Waals surface area contributed by atoms with Crippen molar-refractivity contribution in [2.24, 2.45) is 11.3 Å². The molecule has 0 saturated heterocycles. The van der Waals surface area contributed by atoms with Crippen LogP contribution in [0, 0.1) is 11.3 Å². The Morgan fingerprint density at radius 2 is 1.24 bits per heavy atom. The Morgan fingerprint density at radius 3 is 1.72 bits per heavy atom. The van der Waals surface area contributed by atoms with Crippen LogP contribution in [0.5, 0.6) is 0 Å². The molecule has 0 aromatic rings. The monoisotopic (exact) mass is 356 g/mol. The summed E-state index contributed by atoms with van der Waals surface area (Å²) in [6, 6.07) is 0. The number of ether oxygens (including phenoxy) is 2. The van der Waals surface area contributed by atoms with Crippen molar-refractivity contribution in [1.82, 2.24) is 0 Å². The molecule has 0 aliphatic heterocycles. The van der Waals surface area contributed by atoms with Gasteiger partial charge in [0.1, 0.15) is 0 Å². The quantitative estimate of drug-likeness (QED) is 0.297. The molecule has 0 spiro atoms. The Hall–Kier alpha value is -1.06. The summed E-state index contributed by atoms with van der Waals surface area (Å²) in [5.41, 5.74) is 0.0330. The predicted octanol–water partition coefficient (Wildman–Crippen LogP) is 5.68. The largest absolute Gasteiger partial charge is 0.466 e. The number of rotatable bonds is 14. The minimum atomic E-state index is -0.0878. The Morgan fingerprint density at radius 1 is 0.760 bits per heavy atom. The highest BCUT2D eigenvalue weighted by Crippen LogP contribution is 2.14. The van der Waals surface area contributed by atoms with Gasteiger partial charge >= 0.3 is 11.9 Å². The molecule has 4 nitrogen and oxygen atoms in total. The SMILES string of the molecule is CC(C)CCCOC(=O)CCCCCCCCC(=O)OCC(C)(C)C. The van der Waals surface area contributed by atoms with Crippen molar-refractivity contribution < 1.29 is 19.1 Å². The van der Waals surface area contributed by atoms with Crippen molar-refractivity contribution in [3.8, 4) is 0 Å². The lowest BCUT2D eigenvalue weighted by Gasteiger charge is -2.17. The third-order valence-electron chi connectivity index (χ3n) is 3.87. The molecular weight excluding hydrogens is 316 g/mol. The molecule has 0 aliphatic rings. The minimum Gasteiger partial charge on any atom is -0.466 e. The fourth-order valence-corrected chi connectivity index (χ4v) is 2.36. The van der Waals surface area contributed by atoms with E-state index in [9.17, 15) is 9.59 Å². The second-order valence-electron chi connectivity index (χ2n) is 8.60. The fraction of sp³-hybridized carbons (Fsp3) is 0.905. The average Bonchev–Trinajstić information content (AvgIpc) is 2.51. The summed E-state index contributed by atoms with van der Waals surface area (Å²) in [5.74, 6) is 0.513. The molecule has 0 N–H and O–H groups in total. The first-order valence-electron chi connectivity index (χ1n) is 10.0. The van der Waals surface area contributed by atoms with Crippen molar-refractivity contribution in [3.05, 3.63) is 0 Å². The van der Waals surface area contributed by atoms with E-state index in [1.807, 2.05) is 0 Å². The molecule has 4 heteroatoms. The number of unbranched alkanes of at least 4 members (excludes halogenated alkanes) is 5. The first kappa shape index (κ1) is 23.9. The van der Waals surface area contributed by atoms with Crippen LogP contribution in [-0.2, 0) is 19.1 Å². The Bertz CT molecular complexity index is 355. The van der Waals surface area contributed by atoms with Gasteiger partial charge in [-0.3, -0.25) is 9.59 Å². The molecule has 0 aromatic carbocycles. The lowest BCUT2D eigenvalue weighted by molar-refractivity contribution is -0.146. The second-order valence-corrected chi connectivity index (χ2v) is 8.60. The fourth-order valence-electron chi connectivity index (χ4n) is 2.36. The van der Waals surface area contributed by atoms with Crippen LogP contribution in [0.3, 0.4) is 0 Å². The number of carbonyl (C=O) groups is 2. The highest BCUT2D eigenvalue weighted by atomic mass is 16.5. The topological polar surface area (TPSA) is 52.6 Å². The van der Waals surface area contributed by atoms with Crippen LogP contribution in [0.4, 0.5) is 0 Å². The van der Waals surface area contributed by atoms with Crippen LogP contribution < -0.4 is 0 Å². The summed E-state index contributed by atoms with van der Waals surface area (Å²) in [6.07, 6.45) is 9.21. The van der Waals surface area contributed by atoms with Crippen molar-refractivity contribution in [2.45, 2.75) is 98.8 Å². The normalized spacial score (nSPS) is 11.6. The van der Waals surface area contributed by atoms with Gasteiger partial charge < -0.3 is 9.47 Å². The van der Waals surface area contributed by atoms with Crippen LogP contribution >= 0.6 is 0 Å². The standard InChI is InChI=1S/C21H40O4/c1-18(2)13-12-16-24-19(22)14-10-8-6-7-9-11-15-20(23)25-17-21(3,4)5/h18H,6-17H2,1-5H3. The van der Waals surface area contributed by atoms with Gasteiger partial charge in [0.05, 0.1) is 13.2 Å². The zero-order chi connectivity index (χ0) is 19.1. The molecule has 0 fully saturated rings. The molecule has 0 atom stereocenters. The molecule has 0 amide bonds. The molecule has 0 saturated carbocycles. The number of esters is 2. The molecule has 148 valence electrons. The van der Waals surface area contributed by atoms with Crippen molar-refractivity contribution >= 4 is 11.9 Å². The molecule has 0 radical (unpaired) electrons. The number of hydrogen-bond donors (Lipinski definition) is 0. The van der Waals surface area contributed by atoms with Crippen LogP contribution in [0.15, 0.2) is 0 Å². The van der Waals surface area contributed by atoms with E-state index in [0.29, 0.717) is 32.0 Å². The molecule has 0 rings (SSSR count). The molecular formula is C21H40O4. The van der Waals surface area contributed by atoms with E-state index in [-0.39, 0.29) is 17.4 Å². The summed E-state index contributed by atoms with van der Waals surface area (Å²) in [7, 11) is 0. The van der Waals surface area contributed by atoms with Gasteiger partial charge in [-0.25, -0.2) is 0 Å². The maximum absolute atomic E-state index is 11.6. The lowest BCUT2D eigenvalue weighted by atomic mass is 9.99. The van der Waals surface area contributed by atoms with E-state index in [4.69, 9.17) is 9.47 Å². The van der Waals surface area contributed by atoms with Gasteiger partial charge in [-0.15, -0.1) is 0 Å². The summed E-state index contributed by atoms with van der Waals surface area (Å²) >= 11 is 0. The van der Waals surface area contributed by atoms with E-state index in [1.54, 1.807) is 0 Å². The smallest absolute Gasteiger partial charge is 0.305 e. The van der Waals surface area contributed by atoms with Gasteiger partial charge in [-0.1, -0.05) is 60.3 Å². The Kier molecular flexibility index (Phi) is 13.5. The second kappa shape index (κ2) is 14.1. The van der Waals surface area contributed by atoms with Gasteiger partial charge in [0, 0.05) is 12.8 Å². The third-order valence-corrected chi connectivity index (χ3v) is 3.87. The lowest BCUT2D eigenvalue weighted by Crippen LogP contribution is -2.18. The van der Waals surface area contributed by atoms with E-state index in [1.165, 1.54) is 0 Å². The number of hydrogen-bond acceptors (Lipinski definition) is 4. The zero-order valence-corrected chi connectivity index (χ0v) is 17.2. The molecule has 25 heavy (non-hydrogen) atoms. The maximum Gasteiger partial charge on any atom is 0.305 e. The molecule has 0 unspecified atom stereocenters. The van der Waals surface area contributed by atoms with Crippen molar-refractivity contribution in [1.29, 1.82) is 0 Å². The predicted molar refractivity (Wildman–Crippen MR) is 102 cm³/mol. The van der Waals surface area contributed by atoms with Crippen molar-refractivity contribution in [2.75, 3.05) is 13.2 Å². The van der Waals surface area contributed by atoms with Gasteiger partial charge in [-0.2, -0.15) is 0 Å². The van der Waals surface area contributed by atoms with Crippen LogP contribution in [0.2, 0.25) is 0 Å².